The molecule has 338 valence electrons. The molecule has 0 spiro atoms. The number of carbonyl (C=O) groups is 2. The average Bonchev–Trinajstić information content (AvgIpc) is 3.72. The Balaban J connectivity index is 1.25. The summed E-state index contributed by atoms with van der Waals surface area (Å²) in [7, 11) is 3.19. The number of rotatable bonds is 15. The van der Waals surface area contributed by atoms with Crippen LogP contribution in [0.15, 0.2) is 212 Å². The second-order valence-electron chi connectivity index (χ2n) is 16.9. The number of methoxy groups -OCH3 is 2. The van der Waals surface area contributed by atoms with Crippen LogP contribution in [0.3, 0.4) is 0 Å². The van der Waals surface area contributed by atoms with Crippen LogP contribution in [0.2, 0.25) is 0 Å². The lowest BCUT2D eigenvalue weighted by Crippen LogP contribution is -2.74. The smallest absolute Gasteiger partial charge is 0.325 e. The summed E-state index contributed by atoms with van der Waals surface area (Å²) in [4.78, 5) is 31.7. The van der Waals surface area contributed by atoms with E-state index in [0.717, 1.165) is 27.8 Å². The van der Waals surface area contributed by atoms with Gasteiger partial charge in [0.2, 0.25) is 5.91 Å². The maximum Gasteiger partial charge on any atom is 0.325 e. The molecule has 67 heavy (non-hydrogen) atoms. The maximum atomic E-state index is 15.5. The standard InChI is InChI=1S/C57H53N3O7/c1-65-48-34-20-18-32-46(48)56(42-24-10-4-11-25-42,43-26-12-5-13-27-43)54(40-61)50(62)39-52(67-54)60-37-36-55(59-53(60)64,58-51(63)38-41-22-8-3-9-23-41)57(44-28-14-6-15-29-44,45-30-16-7-17-31-45)47-33-19-21-35-49(47)66-2/h3-37,50,52,61-62H,38-40H2,1-2H3,(H,58,63)(H,59,64)/t50-,52+,54+,55?/m0/s1. The van der Waals surface area contributed by atoms with E-state index in [0.29, 0.717) is 22.6 Å². The molecule has 10 heteroatoms. The number of benzene rings is 7. The van der Waals surface area contributed by atoms with E-state index in [4.69, 9.17) is 14.2 Å². The fourth-order valence-electron chi connectivity index (χ4n) is 10.7. The van der Waals surface area contributed by atoms with Crippen LogP contribution < -0.4 is 20.1 Å². The van der Waals surface area contributed by atoms with Crippen LogP contribution in [0, 0.1) is 0 Å². The number of nitrogens with zero attached hydrogens (tertiary/aromatic N) is 1. The quantitative estimate of drug-likeness (QED) is 0.0761. The van der Waals surface area contributed by atoms with Gasteiger partial charge in [-0.15, -0.1) is 0 Å². The number of hydrogen-bond acceptors (Lipinski definition) is 7. The van der Waals surface area contributed by atoms with Gasteiger partial charge in [0, 0.05) is 23.7 Å². The number of hydrogen-bond donors (Lipinski definition) is 4. The molecular weight excluding hydrogens is 839 g/mol. The Kier molecular flexibility index (Phi) is 12.5. The zero-order valence-corrected chi connectivity index (χ0v) is 37.4. The molecule has 0 aliphatic carbocycles. The molecule has 2 heterocycles. The number of para-hydroxylation sites is 2. The van der Waals surface area contributed by atoms with Gasteiger partial charge in [-0.1, -0.05) is 188 Å². The molecule has 7 aromatic carbocycles. The van der Waals surface area contributed by atoms with Crippen molar-refractivity contribution in [1.82, 2.24) is 15.5 Å². The molecule has 1 fully saturated rings. The van der Waals surface area contributed by atoms with Crippen molar-refractivity contribution in [2.45, 2.75) is 47.3 Å². The number of ether oxygens (including phenoxy) is 3. The molecule has 0 bridgehead atoms. The number of amides is 3. The SMILES string of the molecule is COc1ccccc1C(c1ccccc1)(c1ccccc1)C1(NC(=O)Cc2ccccc2)C=CN([C@H]2C[C@H](O)[C@](CO)(C(c3ccccc3)(c3ccccc3)c3ccccc3OC)O2)C(=O)N1. The molecule has 2 aliphatic heterocycles. The second kappa shape index (κ2) is 18.8. The van der Waals surface area contributed by atoms with Crippen LogP contribution >= 0.6 is 0 Å². The first kappa shape index (κ1) is 44.7. The van der Waals surface area contributed by atoms with E-state index in [1.807, 2.05) is 200 Å². The minimum atomic E-state index is -1.79. The molecule has 0 saturated carbocycles. The molecule has 0 radical (unpaired) electrons. The Morgan fingerprint density at radius 3 is 1.52 bits per heavy atom. The maximum absolute atomic E-state index is 15.5. The summed E-state index contributed by atoms with van der Waals surface area (Å²) >= 11 is 0. The van der Waals surface area contributed by atoms with Gasteiger partial charge in [0.25, 0.3) is 0 Å². The summed E-state index contributed by atoms with van der Waals surface area (Å²) in [5, 5.41) is 31.4. The number of aliphatic hydroxyl groups is 2. The predicted molar refractivity (Wildman–Crippen MR) is 257 cm³/mol. The van der Waals surface area contributed by atoms with Crippen molar-refractivity contribution in [2.75, 3.05) is 20.8 Å². The Morgan fingerprint density at radius 1 is 0.657 bits per heavy atom. The van der Waals surface area contributed by atoms with E-state index in [1.54, 1.807) is 26.5 Å². The minimum absolute atomic E-state index is 0.0164. The van der Waals surface area contributed by atoms with Gasteiger partial charge in [-0.05, 0) is 46.0 Å². The van der Waals surface area contributed by atoms with Crippen LogP contribution in [0.4, 0.5) is 4.79 Å². The van der Waals surface area contributed by atoms with Gasteiger partial charge in [0.15, 0.2) is 5.66 Å². The van der Waals surface area contributed by atoms with Crippen LogP contribution in [-0.2, 0) is 26.8 Å². The summed E-state index contributed by atoms with van der Waals surface area (Å²) in [6.45, 7) is -0.649. The van der Waals surface area contributed by atoms with Gasteiger partial charge >= 0.3 is 6.03 Å². The first-order chi connectivity index (χ1) is 32.8. The summed E-state index contributed by atoms with van der Waals surface area (Å²) in [5.41, 5.74) is -1.21. The molecular formula is C57H53N3O7. The Labute approximate surface area is 391 Å². The first-order valence-electron chi connectivity index (χ1n) is 22.4. The highest BCUT2D eigenvalue weighted by Gasteiger charge is 2.66. The normalized spacial score (nSPS) is 20.5. The van der Waals surface area contributed by atoms with Crippen molar-refractivity contribution < 1.29 is 34.0 Å². The highest BCUT2D eigenvalue weighted by atomic mass is 16.6. The number of nitrogens with one attached hydrogen (secondary N) is 2. The zero-order chi connectivity index (χ0) is 46.5. The van der Waals surface area contributed by atoms with Gasteiger partial charge in [-0.25, -0.2) is 4.79 Å². The van der Waals surface area contributed by atoms with Crippen LogP contribution in [0.25, 0.3) is 0 Å². The number of aliphatic hydroxyl groups excluding tert-OH is 2. The predicted octanol–water partition coefficient (Wildman–Crippen LogP) is 8.51. The average molecular weight is 892 g/mol. The molecule has 10 nitrogen and oxygen atoms in total. The van der Waals surface area contributed by atoms with Crippen LogP contribution in [0.1, 0.15) is 45.4 Å². The topological polar surface area (TPSA) is 130 Å². The summed E-state index contributed by atoms with van der Waals surface area (Å²) in [6, 6.07) is 62.7. The van der Waals surface area contributed by atoms with Crippen molar-refractivity contribution in [3.8, 4) is 11.5 Å². The van der Waals surface area contributed by atoms with Gasteiger partial charge in [-0.3, -0.25) is 9.69 Å². The lowest BCUT2D eigenvalue weighted by Gasteiger charge is -2.53. The van der Waals surface area contributed by atoms with E-state index < -0.39 is 47.1 Å². The molecule has 3 amide bonds. The van der Waals surface area contributed by atoms with Crippen molar-refractivity contribution in [2.24, 2.45) is 0 Å². The van der Waals surface area contributed by atoms with E-state index in [9.17, 15) is 15.0 Å². The third kappa shape index (κ3) is 7.43. The third-order valence-corrected chi connectivity index (χ3v) is 13.5. The van der Waals surface area contributed by atoms with Crippen LogP contribution in [-0.4, -0.2) is 71.5 Å². The fraction of sp³-hybridized carbons (Fsp3) is 0.193. The minimum Gasteiger partial charge on any atom is -0.496 e. The summed E-state index contributed by atoms with van der Waals surface area (Å²) < 4.78 is 19.4. The van der Waals surface area contributed by atoms with Crippen molar-refractivity contribution in [3.63, 3.8) is 0 Å². The van der Waals surface area contributed by atoms with Gasteiger partial charge in [0.05, 0.1) is 44.2 Å². The highest BCUT2D eigenvalue weighted by molar-refractivity contribution is 5.85. The molecule has 2 aliphatic rings. The molecule has 4 N–H and O–H groups in total. The molecule has 1 unspecified atom stereocenters. The zero-order valence-electron chi connectivity index (χ0n) is 37.4. The van der Waals surface area contributed by atoms with Crippen molar-refractivity contribution in [3.05, 3.63) is 251 Å². The van der Waals surface area contributed by atoms with Gasteiger partial charge < -0.3 is 35.1 Å². The van der Waals surface area contributed by atoms with E-state index in [1.165, 1.54) is 4.90 Å². The number of carbonyl (C=O) groups excluding carboxylic acids is 2. The van der Waals surface area contributed by atoms with Crippen molar-refractivity contribution >= 4 is 11.9 Å². The Bertz CT molecular complexity index is 2750. The summed E-state index contributed by atoms with van der Waals surface area (Å²) in [5.74, 6) is 0.694. The monoisotopic (exact) mass is 891 g/mol. The molecule has 7 aromatic rings. The van der Waals surface area contributed by atoms with E-state index >= 15 is 4.79 Å². The second-order valence-corrected chi connectivity index (χ2v) is 16.9. The lowest BCUT2D eigenvalue weighted by molar-refractivity contribution is -0.157. The highest BCUT2D eigenvalue weighted by Crippen LogP contribution is 2.57. The third-order valence-electron chi connectivity index (χ3n) is 13.5. The van der Waals surface area contributed by atoms with Gasteiger partial charge in [-0.2, -0.15) is 0 Å². The first-order valence-corrected chi connectivity index (χ1v) is 22.4. The number of urea groups is 1. The van der Waals surface area contributed by atoms with Gasteiger partial charge in [0.1, 0.15) is 23.3 Å². The molecule has 0 aromatic heterocycles. The summed E-state index contributed by atoms with van der Waals surface area (Å²) in [6.07, 6.45) is 0.887. The Morgan fingerprint density at radius 2 is 1.07 bits per heavy atom. The van der Waals surface area contributed by atoms with Crippen molar-refractivity contribution in [1.29, 1.82) is 0 Å². The van der Waals surface area contributed by atoms with Crippen LogP contribution in [0.5, 0.6) is 11.5 Å². The molecule has 4 atom stereocenters. The Hall–Kier alpha value is -7.50. The lowest BCUT2D eigenvalue weighted by atomic mass is 9.57. The molecule has 9 rings (SSSR count). The fourth-order valence-corrected chi connectivity index (χ4v) is 10.7. The molecule has 1 saturated heterocycles. The van der Waals surface area contributed by atoms with E-state index in [2.05, 4.69) is 10.6 Å². The largest absolute Gasteiger partial charge is 0.496 e. The van der Waals surface area contributed by atoms with E-state index in [-0.39, 0.29) is 18.7 Å².